The van der Waals surface area contributed by atoms with Crippen molar-refractivity contribution >= 4 is 22.9 Å². The lowest BCUT2D eigenvalue weighted by atomic mass is 10.2. The Morgan fingerprint density at radius 2 is 2.22 bits per heavy atom. The van der Waals surface area contributed by atoms with Crippen molar-refractivity contribution in [1.82, 2.24) is 24.4 Å². The maximum absolute atomic E-state index is 12.3. The average molecular weight is 368 g/mol. The third kappa shape index (κ3) is 3.60. The molecular weight excluding hydrogens is 344 g/mol. The zero-order valence-electron chi connectivity index (χ0n) is 15.7. The smallest absolute Gasteiger partial charge is 0.225 e. The summed E-state index contributed by atoms with van der Waals surface area (Å²) in [6.07, 6.45) is 4.55. The van der Waals surface area contributed by atoms with Crippen LogP contribution in [0, 0.1) is 17.8 Å². The summed E-state index contributed by atoms with van der Waals surface area (Å²) in [5, 5.41) is 3.47. The maximum atomic E-state index is 12.3. The molecule has 0 radical (unpaired) electrons. The molecule has 0 spiro atoms. The third-order valence-corrected chi connectivity index (χ3v) is 5.03. The lowest BCUT2D eigenvalue weighted by molar-refractivity contribution is -0.131. The van der Waals surface area contributed by atoms with E-state index in [2.05, 4.69) is 32.1 Å². The Kier molecular flexibility index (Phi) is 4.94. The largest absolute Gasteiger partial charge is 0.372 e. The lowest BCUT2D eigenvalue weighted by Gasteiger charge is -2.17. The highest BCUT2D eigenvalue weighted by atomic mass is 16.5. The van der Waals surface area contributed by atoms with Crippen molar-refractivity contribution in [1.29, 1.82) is 0 Å². The van der Waals surface area contributed by atoms with Crippen LogP contribution in [0.3, 0.4) is 0 Å². The van der Waals surface area contributed by atoms with Gasteiger partial charge < -0.3 is 19.5 Å². The number of hydrogen-bond donors (Lipinski definition) is 1. The number of rotatable bonds is 5. The van der Waals surface area contributed by atoms with E-state index in [9.17, 15) is 4.79 Å². The minimum Gasteiger partial charge on any atom is -0.372 e. The summed E-state index contributed by atoms with van der Waals surface area (Å²) >= 11 is 0. The van der Waals surface area contributed by atoms with Crippen molar-refractivity contribution in [2.45, 2.75) is 38.8 Å². The Bertz CT molecular complexity index is 908. The van der Waals surface area contributed by atoms with Gasteiger partial charge in [-0.3, -0.25) is 4.79 Å². The van der Waals surface area contributed by atoms with E-state index in [1.54, 1.807) is 13.4 Å². The molecule has 0 aromatic carbocycles. The van der Waals surface area contributed by atoms with Gasteiger partial charge in [-0.1, -0.05) is 5.92 Å². The summed E-state index contributed by atoms with van der Waals surface area (Å²) in [5.41, 5.74) is 1.48. The van der Waals surface area contributed by atoms with Crippen LogP contribution in [0.2, 0.25) is 0 Å². The first kappa shape index (κ1) is 17.7. The SMILES string of the molecule is CCn1c(C#CCOC)nc2c(NC3CCN(C(=O)C4CC4)C3)ncnc21. The number of hydrogen-bond acceptors (Lipinski definition) is 6. The molecule has 1 saturated carbocycles. The molecule has 1 saturated heterocycles. The van der Waals surface area contributed by atoms with Crippen LogP contribution >= 0.6 is 0 Å². The van der Waals surface area contributed by atoms with E-state index in [-0.39, 0.29) is 12.0 Å². The number of nitrogens with one attached hydrogen (secondary N) is 1. The van der Waals surface area contributed by atoms with Crippen LogP contribution < -0.4 is 5.32 Å². The van der Waals surface area contributed by atoms with Crippen LogP contribution in [0.5, 0.6) is 0 Å². The van der Waals surface area contributed by atoms with E-state index in [0.717, 1.165) is 44.5 Å². The number of methoxy groups -OCH3 is 1. The fraction of sp³-hybridized carbons (Fsp3) is 0.579. The fourth-order valence-electron chi connectivity index (χ4n) is 3.48. The van der Waals surface area contributed by atoms with Crippen molar-refractivity contribution in [2.24, 2.45) is 5.92 Å². The molecule has 2 aromatic rings. The molecule has 3 heterocycles. The van der Waals surface area contributed by atoms with Crippen molar-refractivity contribution in [3.05, 3.63) is 12.2 Å². The minimum atomic E-state index is 0.181. The molecule has 142 valence electrons. The summed E-state index contributed by atoms with van der Waals surface area (Å²) in [4.78, 5) is 27.7. The molecule has 1 aliphatic heterocycles. The number of fused-ring (bicyclic) bond motifs is 1. The number of aryl methyl sites for hydroxylation is 1. The normalized spacial score (nSPS) is 19.2. The number of amides is 1. The highest BCUT2D eigenvalue weighted by Gasteiger charge is 2.36. The number of aromatic nitrogens is 4. The minimum absolute atomic E-state index is 0.181. The van der Waals surface area contributed by atoms with E-state index >= 15 is 0 Å². The molecule has 4 rings (SSSR count). The standard InChI is InChI=1S/C19H24N6O2/c1-3-25-15(5-4-10-27-2)23-16-17(20-12-21-18(16)25)22-14-8-9-24(11-14)19(26)13-6-7-13/h12-14H,3,6-11H2,1-2H3,(H,20,21,22). The molecule has 2 fully saturated rings. The van der Waals surface area contributed by atoms with E-state index in [1.807, 2.05) is 16.4 Å². The number of carbonyl (C=O) groups is 1. The van der Waals surface area contributed by atoms with Gasteiger partial charge in [-0.15, -0.1) is 0 Å². The molecule has 8 heteroatoms. The zero-order valence-corrected chi connectivity index (χ0v) is 15.7. The van der Waals surface area contributed by atoms with E-state index in [0.29, 0.717) is 29.7 Å². The van der Waals surface area contributed by atoms with Gasteiger partial charge >= 0.3 is 0 Å². The Balaban J connectivity index is 1.55. The van der Waals surface area contributed by atoms with Crippen molar-refractivity contribution in [2.75, 3.05) is 32.1 Å². The van der Waals surface area contributed by atoms with Crippen LogP contribution in [0.4, 0.5) is 5.82 Å². The number of nitrogens with zero attached hydrogens (tertiary/aromatic N) is 5. The first-order chi connectivity index (χ1) is 13.2. The summed E-state index contributed by atoms with van der Waals surface area (Å²) in [5.74, 6) is 7.92. The average Bonchev–Trinajstić information content (AvgIpc) is 3.31. The number of carbonyl (C=O) groups excluding carboxylic acids is 1. The first-order valence-corrected chi connectivity index (χ1v) is 9.45. The number of imidazole rings is 1. The van der Waals surface area contributed by atoms with Crippen LogP contribution in [0.25, 0.3) is 11.2 Å². The van der Waals surface area contributed by atoms with E-state index in [1.165, 1.54) is 0 Å². The van der Waals surface area contributed by atoms with Gasteiger partial charge in [0.2, 0.25) is 5.91 Å². The molecule has 1 aliphatic carbocycles. The van der Waals surface area contributed by atoms with Gasteiger partial charge in [0.25, 0.3) is 0 Å². The summed E-state index contributed by atoms with van der Waals surface area (Å²) in [7, 11) is 1.61. The molecule has 1 atom stereocenters. The molecular formula is C19H24N6O2. The zero-order chi connectivity index (χ0) is 18.8. The molecule has 8 nitrogen and oxygen atoms in total. The van der Waals surface area contributed by atoms with Crippen molar-refractivity contribution < 1.29 is 9.53 Å². The number of likely N-dealkylation sites (tertiary alicyclic amines) is 1. The van der Waals surface area contributed by atoms with Gasteiger partial charge in [0.05, 0.1) is 0 Å². The van der Waals surface area contributed by atoms with Crippen molar-refractivity contribution in [3.63, 3.8) is 0 Å². The third-order valence-electron chi connectivity index (χ3n) is 5.03. The highest BCUT2D eigenvalue weighted by Crippen LogP contribution is 2.32. The highest BCUT2D eigenvalue weighted by molar-refractivity contribution is 5.84. The topological polar surface area (TPSA) is 85.2 Å². The molecule has 27 heavy (non-hydrogen) atoms. The van der Waals surface area contributed by atoms with E-state index < -0.39 is 0 Å². The molecule has 1 amide bonds. The van der Waals surface area contributed by atoms with Crippen molar-refractivity contribution in [3.8, 4) is 11.8 Å². The first-order valence-electron chi connectivity index (χ1n) is 9.45. The Morgan fingerprint density at radius 1 is 1.37 bits per heavy atom. The van der Waals surface area contributed by atoms with Gasteiger partial charge in [0.15, 0.2) is 22.8 Å². The predicted octanol–water partition coefficient (Wildman–Crippen LogP) is 1.27. The number of anilines is 1. The Labute approximate surface area is 158 Å². The van der Waals surface area contributed by atoms with Gasteiger partial charge in [-0.25, -0.2) is 15.0 Å². The fourth-order valence-corrected chi connectivity index (χ4v) is 3.48. The van der Waals surface area contributed by atoms with Gasteiger partial charge in [0.1, 0.15) is 12.9 Å². The second kappa shape index (κ2) is 7.53. The second-order valence-electron chi connectivity index (χ2n) is 7.00. The van der Waals surface area contributed by atoms with Crippen LogP contribution in [-0.4, -0.2) is 63.2 Å². The second-order valence-corrected chi connectivity index (χ2v) is 7.00. The molecule has 1 unspecified atom stereocenters. The predicted molar refractivity (Wildman–Crippen MR) is 101 cm³/mol. The van der Waals surface area contributed by atoms with Crippen LogP contribution in [0.1, 0.15) is 32.0 Å². The van der Waals surface area contributed by atoms with Crippen LogP contribution in [-0.2, 0) is 16.1 Å². The molecule has 0 bridgehead atoms. The summed E-state index contributed by atoms with van der Waals surface area (Å²) in [6, 6.07) is 0.181. The van der Waals surface area contributed by atoms with Crippen LogP contribution in [0.15, 0.2) is 6.33 Å². The summed E-state index contributed by atoms with van der Waals surface area (Å²) < 4.78 is 6.97. The Hall–Kier alpha value is -2.66. The maximum Gasteiger partial charge on any atom is 0.225 e. The Morgan fingerprint density at radius 3 is 2.96 bits per heavy atom. The molecule has 1 N–H and O–H groups in total. The lowest BCUT2D eigenvalue weighted by Crippen LogP contribution is -2.32. The van der Waals surface area contributed by atoms with Gasteiger partial charge in [-0.2, -0.15) is 0 Å². The summed E-state index contributed by atoms with van der Waals surface area (Å²) in [6.45, 7) is 4.64. The monoisotopic (exact) mass is 368 g/mol. The van der Waals surface area contributed by atoms with Gasteiger partial charge in [-0.05, 0) is 32.1 Å². The number of ether oxygens (including phenoxy) is 1. The quantitative estimate of drug-likeness (QED) is 0.800. The van der Waals surface area contributed by atoms with E-state index in [4.69, 9.17) is 4.74 Å². The molecule has 2 aromatic heterocycles. The van der Waals surface area contributed by atoms with Gasteiger partial charge in [0, 0.05) is 38.7 Å². The molecule has 2 aliphatic rings.